The minimum atomic E-state index is -1.01. The number of carboxylic acid groups (broad SMARTS) is 1. The molecule has 1 amide bonds. The number of carbonyl (C=O) groups excluding carboxylic acids is 1. The first kappa shape index (κ1) is 14.9. The van der Waals surface area contributed by atoms with Crippen molar-refractivity contribution in [2.75, 3.05) is 11.9 Å². The third-order valence-electron chi connectivity index (χ3n) is 4.92. The van der Waals surface area contributed by atoms with Gasteiger partial charge in [-0.15, -0.1) is 0 Å². The zero-order chi connectivity index (χ0) is 15.7. The number of rotatable bonds is 5. The van der Waals surface area contributed by atoms with Crippen LogP contribution in [0.3, 0.4) is 0 Å². The lowest BCUT2D eigenvalue weighted by molar-refractivity contribution is -0.139. The SMILES string of the molecule is Cc1cc(OCC(=O)O)ccc1NC(=O)C1CC12CCCC2. The standard InChI is InChI=1S/C17H21NO4/c1-11-8-12(22-10-15(19)20)4-5-14(11)18-16(21)13-9-17(13)6-2-3-7-17/h4-5,8,13H,2-3,6-7,9-10H2,1H3,(H,18,21)(H,19,20). The zero-order valence-electron chi connectivity index (χ0n) is 12.7. The van der Waals surface area contributed by atoms with Crippen LogP contribution in [-0.4, -0.2) is 23.6 Å². The second-order valence-corrected chi connectivity index (χ2v) is 6.47. The molecule has 0 aliphatic heterocycles. The van der Waals surface area contributed by atoms with Crippen molar-refractivity contribution in [2.24, 2.45) is 11.3 Å². The highest BCUT2D eigenvalue weighted by Gasteiger charge is 2.58. The van der Waals surface area contributed by atoms with Crippen LogP contribution >= 0.6 is 0 Å². The lowest BCUT2D eigenvalue weighted by Gasteiger charge is -2.12. The van der Waals surface area contributed by atoms with Gasteiger partial charge in [-0.3, -0.25) is 4.79 Å². The summed E-state index contributed by atoms with van der Waals surface area (Å²) in [6, 6.07) is 5.20. The van der Waals surface area contributed by atoms with Gasteiger partial charge in [0, 0.05) is 11.6 Å². The molecule has 1 unspecified atom stereocenters. The van der Waals surface area contributed by atoms with Gasteiger partial charge in [0.25, 0.3) is 0 Å². The molecule has 0 bridgehead atoms. The molecule has 1 spiro atoms. The topological polar surface area (TPSA) is 75.6 Å². The van der Waals surface area contributed by atoms with Crippen molar-refractivity contribution < 1.29 is 19.4 Å². The van der Waals surface area contributed by atoms with E-state index in [1.54, 1.807) is 18.2 Å². The molecule has 0 aromatic heterocycles. The first-order valence-corrected chi connectivity index (χ1v) is 7.76. The van der Waals surface area contributed by atoms with E-state index in [2.05, 4.69) is 5.32 Å². The van der Waals surface area contributed by atoms with E-state index in [1.807, 2.05) is 6.92 Å². The van der Waals surface area contributed by atoms with Gasteiger partial charge in [-0.25, -0.2) is 4.79 Å². The van der Waals surface area contributed by atoms with Gasteiger partial charge >= 0.3 is 5.97 Å². The van der Waals surface area contributed by atoms with Crippen LogP contribution in [0.2, 0.25) is 0 Å². The van der Waals surface area contributed by atoms with E-state index in [-0.39, 0.29) is 18.4 Å². The second-order valence-electron chi connectivity index (χ2n) is 6.47. The summed E-state index contributed by atoms with van der Waals surface area (Å²) in [5.74, 6) is -0.233. The lowest BCUT2D eigenvalue weighted by Crippen LogP contribution is -2.18. The molecule has 118 valence electrons. The Morgan fingerprint density at radius 1 is 1.36 bits per heavy atom. The number of aliphatic carboxylic acids is 1. The van der Waals surface area contributed by atoms with Gasteiger partial charge in [0.05, 0.1) is 0 Å². The predicted molar refractivity (Wildman–Crippen MR) is 81.9 cm³/mol. The van der Waals surface area contributed by atoms with Crippen LogP contribution in [0, 0.1) is 18.3 Å². The fourth-order valence-corrected chi connectivity index (χ4v) is 3.58. The summed E-state index contributed by atoms with van der Waals surface area (Å²) in [4.78, 5) is 22.9. The maximum atomic E-state index is 12.4. The van der Waals surface area contributed by atoms with Crippen LogP contribution in [0.25, 0.3) is 0 Å². The van der Waals surface area contributed by atoms with Gasteiger partial charge < -0.3 is 15.2 Å². The highest BCUT2D eigenvalue weighted by atomic mass is 16.5. The molecule has 5 nitrogen and oxygen atoms in total. The molecule has 0 saturated heterocycles. The largest absolute Gasteiger partial charge is 0.482 e. The number of benzene rings is 1. The fraction of sp³-hybridized carbons (Fsp3) is 0.529. The molecule has 1 aromatic rings. The first-order chi connectivity index (χ1) is 10.5. The van der Waals surface area contributed by atoms with E-state index in [0.717, 1.165) is 17.7 Å². The molecular formula is C17H21NO4. The summed E-state index contributed by atoms with van der Waals surface area (Å²) in [5, 5.41) is 11.6. The van der Waals surface area contributed by atoms with Crippen molar-refractivity contribution in [3.63, 3.8) is 0 Å². The first-order valence-electron chi connectivity index (χ1n) is 7.76. The van der Waals surface area contributed by atoms with Crippen LogP contribution < -0.4 is 10.1 Å². The fourth-order valence-electron chi connectivity index (χ4n) is 3.58. The molecule has 2 aliphatic carbocycles. The summed E-state index contributed by atoms with van der Waals surface area (Å²) in [7, 11) is 0. The highest BCUT2D eigenvalue weighted by Crippen LogP contribution is 2.63. The molecule has 2 saturated carbocycles. The van der Waals surface area contributed by atoms with Crippen molar-refractivity contribution in [3.05, 3.63) is 23.8 Å². The van der Waals surface area contributed by atoms with Gasteiger partial charge in [-0.2, -0.15) is 0 Å². The summed E-state index contributed by atoms with van der Waals surface area (Å²) < 4.78 is 5.13. The quantitative estimate of drug-likeness (QED) is 0.877. The van der Waals surface area contributed by atoms with Gasteiger partial charge in [0.15, 0.2) is 6.61 Å². The molecule has 3 rings (SSSR count). The Bertz CT molecular complexity index is 605. The number of ether oxygens (including phenoxy) is 1. The van der Waals surface area contributed by atoms with Crippen molar-refractivity contribution in [1.29, 1.82) is 0 Å². The van der Waals surface area contributed by atoms with E-state index in [9.17, 15) is 9.59 Å². The number of hydrogen-bond donors (Lipinski definition) is 2. The molecule has 1 atom stereocenters. The Kier molecular flexibility index (Phi) is 3.81. The Labute approximate surface area is 129 Å². The van der Waals surface area contributed by atoms with Crippen molar-refractivity contribution in [2.45, 2.75) is 39.0 Å². The Morgan fingerprint density at radius 2 is 2.09 bits per heavy atom. The molecule has 5 heteroatoms. The van der Waals surface area contributed by atoms with E-state index >= 15 is 0 Å². The van der Waals surface area contributed by atoms with E-state index < -0.39 is 5.97 Å². The van der Waals surface area contributed by atoms with Crippen LogP contribution in [0.1, 0.15) is 37.7 Å². The Morgan fingerprint density at radius 3 is 2.73 bits per heavy atom. The number of amides is 1. The lowest BCUT2D eigenvalue weighted by atomic mass is 10.0. The maximum Gasteiger partial charge on any atom is 0.341 e. The molecule has 0 radical (unpaired) electrons. The molecule has 2 aliphatic rings. The van der Waals surface area contributed by atoms with Crippen molar-refractivity contribution >= 4 is 17.6 Å². The van der Waals surface area contributed by atoms with E-state index in [1.165, 1.54) is 25.7 Å². The molecular weight excluding hydrogens is 282 g/mol. The van der Waals surface area contributed by atoms with Crippen molar-refractivity contribution in [3.8, 4) is 5.75 Å². The molecule has 2 fully saturated rings. The summed E-state index contributed by atoms with van der Waals surface area (Å²) in [6.45, 7) is 1.51. The van der Waals surface area contributed by atoms with Crippen LogP contribution in [0.15, 0.2) is 18.2 Å². The number of aryl methyl sites for hydroxylation is 1. The third kappa shape index (κ3) is 2.93. The van der Waals surface area contributed by atoms with Crippen LogP contribution in [-0.2, 0) is 9.59 Å². The number of nitrogens with one attached hydrogen (secondary N) is 1. The highest BCUT2D eigenvalue weighted by molar-refractivity contribution is 5.95. The average Bonchev–Trinajstić information content (AvgIpc) is 2.97. The number of carboxylic acids is 1. The third-order valence-corrected chi connectivity index (χ3v) is 4.92. The predicted octanol–water partition coefficient (Wildman–Crippen LogP) is 2.98. The van der Waals surface area contributed by atoms with Crippen molar-refractivity contribution in [1.82, 2.24) is 0 Å². The molecule has 0 heterocycles. The zero-order valence-corrected chi connectivity index (χ0v) is 12.7. The maximum absolute atomic E-state index is 12.4. The second kappa shape index (κ2) is 5.63. The Balaban J connectivity index is 1.61. The number of carbonyl (C=O) groups is 2. The number of hydrogen-bond acceptors (Lipinski definition) is 3. The van der Waals surface area contributed by atoms with Gasteiger partial charge in [-0.05, 0) is 55.4 Å². The smallest absolute Gasteiger partial charge is 0.341 e. The van der Waals surface area contributed by atoms with Crippen LogP contribution in [0.5, 0.6) is 5.75 Å². The van der Waals surface area contributed by atoms with Gasteiger partial charge in [0.1, 0.15) is 5.75 Å². The van der Waals surface area contributed by atoms with Crippen LogP contribution in [0.4, 0.5) is 5.69 Å². The van der Waals surface area contributed by atoms with Gasteiger partial charge in [0.2, 0.25) is 5.91 Å². The van der Waals surface area contributed by atoms with E-state index in [4.69, 9.17) is 9.84 Å². The van der Waals surface area contributed by atoms with Gasteiger partial charge in [-0.1, -0.05) is 12.8 Å². The molecule has 22 heavy (non-hydrogen) atoms. The molecule has 1 aromatic carbocycles. The average molecular weight is 303 g/mol. The number of anilines is 1. The summed E-state index contributed by atoms with van der Waals surface area (Å²) >= 11 is 0. The normalized spacial score (nSPS) is 21.6. The van der Waals surface area contributed by atoms with E-state index in [0.29, 0.717) is 11.2 Å². The molecule has 2 N–H and O–H groups in total. The Hall–Kier alpha value is -2.04. The minimum Gasteiger partial charge on any atom is -0.482 e. The summed E-state index contributed by atoms with van der Waals surface area (Å²) in [5.41, 5.74) is 1.94. The summed E-state index contributed by atoms with van der Waals surface area (Å²) in [6.07, 6.45) is 5.90. The minimum absolute atomic E-state index is 0.115. The monoisotopic (exact) mass is 303 g/mol.